The highest BCUT2D eigenvalue weighted by Crippen LogP contribution is 2.40. The first-order valence-electron chi connectivity index (χ1n) is 10.6. The van der Waals surface area contributed by atoms with Crippen LogP contribution in [0, 0.1) is 11.8 Å². The number of nitrogens with one attached hydrogen (secondary N) is 2. The van der Waals surface area contributed by atoms with Gasteiger partial charge in [0.25, 0.3) is 5.92 Å². The van der Waals surface area contributed by atoms with Crippen LogP contribution in [0.25, 0.3) is 5.65 Å². The summed E-state index contributed by atoms with van der Waals surface area (Å²) < 4.78 is 55.9. The van der Waals surface area contributed by atoms with Crippen molar-refractivity contribution in [2.45, 2.75) is 56.4 Å². The highest BCUT2D eigenvalue weighted by atomic mass is 19.3. The number of hydrogen-bond donors (Lipinski definition) is 4. The fraction of sp³-hybridized carbons (Fsp3) is 0.600. The number of halogens is 4. The molecule has 0 radical (unpaired) electrons. The highest BCUT2D eigenvalue weighted by molar-refractivity contribution is 5.85. The Morgan fingerprint density at radius 3 is 2.67 bits per heavy atom. The first-order valence-corrected chi connectivity index (χ1v) is 10.6. The standard InChI is InChI=1S/C20H24F4N6O3/c21-19(22)3-1-10(2-4-19)16(25)14-8-30-15(27-14)6-12(28-18(32)33)13(29-30)5-11-7-20(23,24)9-26-17(11)31/h6,8,10-11,16,28H,1-5,7,9,25H2,(H,26,31)(H,32,33)/t11-,16-/m0/s1. The summed E-state index contributed by atoms with van der Waals surface area (Å²) in [5.41, 5.74) is 7.03. The van der Waals surface area contributed by atoms with E-state index in [4.69, 9.17) is 10.8 Å². The van der Waals surface area contributed by atoms with Crippen molar-refractivity contribution in [3.8, 4) is 0 Å². The van der Waals surface area contributed by atoms with E-state index in [1.165, 1.54) is 16.8 Å². The fourth-order valence-corrected chi connectivity index (χ4v) is 4.46. The van der Waals surface area contributed by atoms with E-state index in [1.54, 1.807) is 0 Å². The molecule has 2 aromatic heterocycles. The fourth-order valence-electron chi connectivity index (χ4n) is 4.46. The molecule has 3 heterocycles. The largest absolute Gasteiger partial charge is 0.465 e. The Balaban J connectivity index is 1.61. The lowest BCUT2D eigenvalue weighted by molar-refractivity contribution is -0.136. The maximum Gasteiger partial charge on any atom is 0.409 e. The molecular weight excluding hydrogens is 448 g/mol. The third-order valence-corrected chi connectivity index (χ3v) is 6.28. The van der Waals surface area contributed by atoms with E-state index in [0.29, 0.717) is 5.69 Å². The highest BCUT2D eigenvalue weighted by Gasteiger charge is 2.41. The Labute approximate surface area is 185 Å². The van der Waals surface area contributed by atoms with Crippen LogP contribution < -0.4 is 16.4 Å². The summed E-state index contributed by atoms with van der Waals surface area (Å²) in [6.45, 7) is -0.745. The quantitative estimate of drug-likeness (QED) is 0.495. The number of carbonyl (C=O) groups excluding carboxylic acids is 1. The number of imidazole rings is 1. The molecule has 2 amide bonds. The number of carboxylic acid groups (broad SMARTS) is 1. The molecule has 2 fully saturated rings. The molecule has 0 spiro atoms. The number of aromatic nitrogens is 3. The Kier molecular flexibility index (Phi) is 5.93. The van der Waals surface area contributed by atoms with Crippen molar-refractivity contribution in [2.24, 2.45) is 17.6 Å². The van der Waals surface area contributed by atoms with Gasteiger partial charge in [-0.15, -0.1) is 0 Å². The number of amides is 2. The Morgan fingerprint density at radius 1 is 1.30 bits per heavy atom. The van der Waals surface area contributed by atoms with Crippen LogP contribution >= 0.6 is 0 Å². The van der Waals surface area contributed by atoms with E-state index in [0.717, 1.165) is 0 Å². The average Bonchev–Trinajstić information content (AvgIpc) is 3.12. The molecule has 33 heavy (non-hydrogen) atoms. The van der Waals surface area contributed by atoms with Gasteiger partial charge in [0.1, 0.15) is 0 Å². The minimum atomic E-state index is -3.07. The summed E-state index contributed by atoms with van der Waals surface area (Å²) in [7, 11) is 0. The Bertz CT molecular complexity index is 1070. The Morgan fingerprint density at radius 2 is 2.00 bits per heavy atom. The first-order chi connectivity index (χ1) is 15.4. The maximum atomic E-state index is 13.8. The number of alkyl halides is 4. The van der Waals surface area contributed by atoms with Crippen molar-refractivity contribution in [2.75, 3.05) is 11.9 Å². The monoisotopic (exact) mass is 472 g/mol. The molecule has 4 rings (SSSR count). The SMILES string of the molecule is N[C@H](c1cn2nc(C[C@H]3CC(F)(F)CNC3=O)c(NC(=O)O)cc2n1)C1CCC(F)(F)CC1. The third kappa shape index (κ3) is 5.18. The molecule has 0 unspecified atom stereocenters. The predicted molar refractivity (Wildman–Crippen MR) is 108 cm³/mol. The number of rotatable bonds is 5. The summed E-state index contributed by atoms with van der Waals surface area (Å²) in [6, 6.07) is 0.755. The van der Waals surface area contributed by atoms with E-state index < -0.39 is 48.8 Å². The van der Waals surface area contributed by atoms with E-state index in [-0.39, 0.29) is 55.1 Å². The van der Waals surface area contributed by atoms with E-state index >= 15 is 0 Å². The number of nitrogens with zero attached hydrogens (tertiary/aromatic N) is 3. The van der Waals surface area contributed by atoms with Crippen molar-refractivity contribution in [1.82, 2.24) is 19.9 Å². The maximum absolute atomic E-state index is 13.8. The molecule has 2 aromatic rings. The third-order valence-electron chi connectivity index (χ3n) is 6.28. The van der Waals surface area contributed by atoms with Crippen LogP contribution in [-0.4, -0.2) is 50.1 Å². The van der Waals surface area contributed by atoms with Gasteiger partial charge in [0.15, 0.2) is 5.65 Å². The second kappa shape index (κ2) is 8.43. The number of fused-ring (bicyclic) bond motifs is 1. The second-order valence-electron chi connectivity index (χ2n) is 8.80. The zero-order valence-electron chi connectivity index (χ0n) is 17.5. The van der Waals surface area contributed by atoms with Gasteiger partial charge < -0.3 is 16.2 Å². The number of piperidine rings is 1. The summed E-state index contributed by atoms with van der Waals surface area (Å²) >= 11 is 0. The zero-order valence-corrected chi connectivity index (χ0v) is 17.5. The smallest absolute Gasteiger partial charge is 0.409 e. The molecular formula is C20H24F4N6O3. The van der Waals surface area contributed by atoms with Gasteiger partial charge in [-0.25, -0.2) is 31.9 Å². The van der Waals surface area contributed by atoms with Gasteiger partial charge in [-0.2, -0.15) is 5.10 Å². The minimum Gasteiger partial charge on any atom is -0.465 e. The molecule has 2 atom stereocenters. The van der Waals surface area contributed by atoms with Crippen LogP contribution in [0.3, 0.4) is 0 Å². The number of anilines is 1. The minimum absolute atomic E-state index is 0.0136. The number of hydrogen-bond acceptors (Lipinski definition) is 5. The van der Waals surface area contributed by atoms with Crippen LogP contribution in [0.1, 0.15) is 49.5 Å². The van der Waals surface area contributed by atoms with Crippen molar-refractivity contribution in [3.05, 3.63) is 23.7 Å². The lowest BCUT2D eigenvalue weighted by Gasteiger charge is -2.31. The first kappa shape index (κ1) is 23.2. The molecule has 180 valence electrons. The van der Waals surface area contributed by atoms with Gasteiger partial charge in [-0.3, -0.25) is 10.1 Å². The number of nitrogens with two attached hydrogens (primary N) is 1. The van der Waals surface area contributed by atoms with Crippen molar-refractivity contribution < 1.29 is 32.3 Å². The zero-order chi connectivity index (χ0) is 24.0. The van der Waals surface area contributed by atoms with Crippen LogP contribution in [0.2, 0.25) is 0 Å². The molecule has 5 N–H and O–H groups in total. The van der Waals surface area contributed by atoms with Gasteiger partial charge in [0.05, 0.1) is 35.9 Å². The summed E-state index contributed by atoms with van der Waals surface area (Å²) in [5, 5.41) is 17.8. The van der Waals surface area contributed by atoms with Gasteiger partial charge in [-0.05, 0) is 18.8 Å². The number of carbonyl (C=O) groups is 2. The predicted octanol–water partition coefficient (Wildman–Crippen LogP) is 2.96. The summed E-state index contributed by atoms with van der Waals surface area (Å²) in [6.07, 6.45) is -0.788. The molecule has 9 nitrogen and oxygen atoms in total. The lowest BCUT2D eigenvalue weighted by Crippen LogP contribution is -2.48. The molecule has 0 bridgehead atoms. The molecule has 1 aliphatic heterocycles. The van der Waals surface area contributed by atoms with Crippen molar-refractivity contribution in [1.29, 1.82) is 0 Å². The van der Waals surface area contributed by atoms with Crippen LogP contribution in [0.15, 0.2) is 12.3 Å². The second-order valence-corrected chi connectivity index (χ2v) is 8.80. The molecule has 1 aliphatic carbocycles. The molecule has 1 saturated carbocycles. The molecule has 1 saturated heterocycles. The van der Waals surface area contributed by atoms with Gasteiger partial charge in [0, 0.05) is 37.7 Å². The van der Waals surface area contributed by atoms with Crippen molar-refractivity contribution in [3.63, 3.8) is 0 Å². The summed E-state index contributed by atoms with van der Waals surface area (Å²) in [4.78, 5) is 27.7. The summed E-state index contributed by atoms with van der Waals surface area (Å²) in [5.74, 6) is -7.62. The van der Waals surface area contributed by atoms with Crippen LogP contribution in [-0.2, 0) is 11.2 Å². The van der Waals surface area contributed by atoms with E-state index in [2.05, 4.69) is 20.7 Å². The average molecular weight is 472 g/mol. The molecule has 2 aliphatic rings. The van der Waals surface area contributed by atoms with E-state index in [1.807, 2.05) is 0 Å². The molecule has 13 heteroatoms. The van der Waals surface area contributed by atoms with E-state index in [9.17, 15) is 27.2 Å². The topological polar surface area (TPSA) is 135 Å². The van der Waals surface area contributed by atoms with Gasteiger partial charge >= 0.3 is 6.09 Å². The van der Waals surface area contributed by atoms with Crippen LogP contribution in [0.5, 0.6) is 0 Å². The lowest BCUT2D eigenvalue weighted by atomic mass is 9.81. The molecule has 0 aromatic carbocycles. The van der Waals surface area contributed by atoms with Gasteiger partial charge in [0.2, 0.25) is 11.8 Å². The van der Waals surface area contributed by atoms with Crippen LogP contribution in [0.4, 0.5) is 28.0 Å². The van der Waals surface area contributed by atoms with Gasteiger partial charge in [-0.1, -0.05) is 0 Å². The normalized spacial score (nSPS) is 23.8. The Hall–Kier alpha value is -2.96. The van der Waals surface area contributed by atoms with Crippen molar-refractivity contribution >= 4 is 23.3 Å².